The normalized spacial score (nSPS) is 17.5. The second-order valence-corrected chi connectivity index (χ2v) is 9.73. The van der Waals surface area contributed by atoms with Crippen molar-refractivity contribution < 1.29 is 13.2 Å². The van der Waals surface area contributed by atoms with Crippen LogP contribution in [0.2, 0.25) is 5.02 Å². The molecule has 0 spiro atoms. The third kappa shape index (κ3) is 3.91. The lowest BCUT2D eigenvalue weighted by Crippen LogP contribution is -2.30. The second kappa shape index (κ2) is 8.17. The molecule has 4 rings (SSSR count). The number of para-hydroxylation sites is 1. The third-order valence-corrected chi connectivity index (χ3v) is 8.03. The molecule has 0 saturated carbocycles. The van der Waals surface area contributed by atoms with E-state index in [1.165, 1.54) is 4.31 Å². The first kappa shape index (κ1) is 19.3. The highest BCUT2D eigenvalue weighted by atomic mass is 35.5. The van der Waals surface area contributed by atoms with Gasteiger partial charge in [-0.3, -0.25) is 0 Å². The van der Waals surface area contributed by atoms with Crippen molar-refractivity contribution in [3.63, 3.8) is 0 Å². The Bertz CT molecular complexity index is 1060. The molecule has 4 nitrogen and oxygen atoms in total. The van der Waals surface area contributed by atoms with Crippen molar-refractivity contribution in [2.24, 2.45) is 0 Å². The van der Waals surface area contributed by atoms with Gasteiger partial charge in [-0.15, -0.1) is 11.8 Å². The van der Waals surface area contributed by atoms with E-state index in [-0.39, 0.29) is 10.3 Å². The van der Waals surface area contributed by atoms with E-state index in [0.29, 0.717) is 23.1 Å². The van der Waals surface area contributed by atoms with Crippen LogP contribution in [0.1, 0.15) is 10.9 Å². The van der Waals surface area contributed by atoms with Crippen LogP contribution in [-0.2, 0) is 10.0 Å². The number of rotatable bonds is 5. The number of hydrogen-bond acceptors (Lipinski definition) is 4. The van der Waals surface area contributed by atoms with E-state index in [9.17, 15) is 8.42 Å². The largest absolute Gasteiger partial charge is 0.457 e. The van der Waals surface area contributed by atoms with E-state index in [4.69, 9.17) is 16.3 Å². The zero-order valence-corrected chi connectivity index (χ0v) is 17.3. The molecule has 1 aliphatic heterocycles. The Balaban J connectivity index is 1.58. The minimum Gasteiger partial charge on any atom is -0.457 e. The van der Waals surface area contributed by atoms with Crippen LogP contribution in [0.25, 0.3) is 0 Å². The van der Waals surface area contributed by atoms with Gasteiger partial charge < -0.3 is 4.74 Å². The first-order valence-corrected chi connectivity index (χ1v) is 11.6. The molecule has 0 unspecified atom stereocenters. The van der Waals surface area contributed by atoms with Crippen molar-refractivity contribution >= 4 is 33.4 Å². The minimum absolute atomic E-state index is 0.243. The third-order valence-electron chi connectivity index (χ3n) is 4.43. The van der Waals surface area contributed by atoms with Crippen LogP contribution >= 0.6 is 23.4 Å². The summed E-state index contributed by atoms with van der Waals surface area (Å²) >= 11 is 7.89. The summed E-state index contributed by atoms with van der Waals surface area (Å²) in [6.07, 6.45) is 0. The molecule has 0 aromatic heterocycles. The van der Waals surface area contributed by atoms with Gasteiger partial charge >= 0.3 is 0 Å². The Morgan fingerprint density at radius 1 is 0.893 bits per heavy atom. The minimum atomic E-state index is -3.64. The lowest BCUT2D eigenvalue weighted by molar-refractivity contribution is 0.434. The number of thioether (sulfide) groups is 1. The molecule has 1 aliphatic rings. The number of halogens is 1. The van der Waals surface area contributed by atoms with Crippen molar-refractivity contribution in [1.82, 2.24) is 4.31 Å². The van der Waals surface area contributed by atoms with Gasteiger partial charge in [0.05, 0.1) is 10.3 Å². The zero-order chi connectivity index (χ0) is 19.6. The highest BCUT2D eigenvalue weighted by Crippen LogP contribution is 2.43. The average molecular weight is 432 g/mol. The zero-order valence-electron chi connectivity index (χ0n) is 14.9. The molecule has 7 heteroatoms. The molecule has 0 bridgehead atoms. The molecule has 1 saturated heterocycles. The Labute approximate surface area is 174 Å². The van der Waals surface area contributed by atoms with E-state index in [0.717, 1.165) is 11.3 Å². The Hall–Kier alpha value is -1.99. The molecule has 3 aromatic carbocycles. The first-order chi connectivity index (χ1) is 13.6. The predicted octanol–water partition coefficient (Wildman–Crippen LogP) is 5.57. The molecule has 1 fully saturated rings. The van der Waals surface area contributed by atoms with Crippen LogP contribution in [0.5, 0.6) is 11.5 Å². The van der Waals surface area contributed by atoms with Crippen molar-refractivity contribution in [2.75, 3.05) is 12.3 Å². The number of nitrogens with zero attached hydrogens (tertiary/aromatic N) is 1. The summed E-state index contributed by atoms with van der Waals surface area (Å²) < 4.78 is 33.7. The Kier molecular flexibility index (Phi) is 5.64. The predicted molar refractivity (Wildman–Crippen MR) is 114 cm³/mol. The standard InChI is InChI=1S/C21H18ClNO3S2/c22-20-9-5-4-8-19(20)21-23(14-15-27-21)28(24,25)18-12-10-17(11-13-18)26-16-6-2-1-3-7-16/h1-13,21H,14-15H2/t21-/m1/s1. The van der Waals surface area contributed by atoms with Crippen LogP contribution in [0.3, 0.4) is 0 Å². The summed E-state index contributed by atoms with van der Waals surface area (Å²) in [5.41, 5.74) is 0.819. The van der Waals surface area contributed by atoms with Crippen molar-refractivity contribution in [3.8, 4) is 11.5 Å². The van der Waals surface area contributed by atoms with Crippen LogP contribution in [0, 0.1) is 0 Å². The molecule has 0 aliphatic carbocycles. The molecule has 28 heavy (non-hydrogen) atoms. The van der Waals surface area contributed by atoms with E-state index in [2.05, 4.69) is 0 Å². The quantitative estimate of drug-likeness (QED) is 0.530. The molecule has 144 valence electrons. The lowest BCUT2D eigenvalue weighted by Gasteiger charge is -2.24. The monoisotopic (exact) mass is 431 g/mol. The molecule has 3 aromatic rings. The van der Waals surface area contributed by atoms with Gasteiger partial charge in [0, 0.05) is 17.3 Å². The topological polar surface area (TPSA) is 46.6 Å². The van der Waals surface area contributed by atoms with Crippen LogP contribution < -0.4 is 4.74 Å². The van der Waals surface area contributed by atoms with Gasteiger partial charge in [-0.25, -0.2) is 8.42 Å². The Morgan fingerprint density at radius 2 is 1.54 bits per heavy atom. The summed E-state index contributed by atoms with van der Waals surface area (Å²) in [6, 6.07) is 23.3. The Morgan fingerprint density at radius 3 is 2.25 bits per heavy atom. The highest BCUT2D eigenvalue weighted by molar-refractivity contribution is 8.01. The van der Waals surface area contributed by atoms with Crippen LogP contribution in [0.4, 0.5) is 0 Å². The molecule has 1 atom stereocenters. The number of sulfonamides is 1. The maximum absolute atomic E-state index is 13.2. The van der Waals surface area contributed by atoms with Crippen molar-refractivity contribution in [1.29, 1.82) is 0 Å². The van der Waals surface area contributed by atoms with Gasteiger partial charge in [0.2, 0.25) is 10.0 Å². The fourth-order valence-corrected chi connectivity index (χ4v) is 6.63. The lowest BCUT2D eigenvalue weighted by atomic mass is 10.2. The van der Waals surface area contributed by atoms with E-state index < -0.39 is 10.0 Å². The molecule has 0 amide bonds. The second-order valence-electron chi connectivity index (χ2n) is 6.25. The summed E-state index contributed by atoms with van der Waals surface area (Å²) in [5.74, 6) is 2.01. The molecule has 0 N–H and O–H groups in total. The van der Waals surface area contributed by atoms with Crippen molar-refractivity contribution in [3.05, 3.63) is 89.4 Å². The number of hydrogen-bond donors (Lipinski definition) is 0. The van der Waals surface area contributed by atoms with Gasteiger partial charge in [-0.2, -0.15) is 4.31 Å². The summed E-state index contributed by atoms with van der Waals surface area (Å²) in [5, 5.41) is 0.257. The fourth-order valence-electron chi connectivity index (χ4n) is 3.06. The van der Waals surface area contributed by atoms with E-state index in [1.54, 1.807) is 42.1 Å². The first-order valence-electron chi connectivity index (χ1n) is 8.76. The molecular formula is C21H18ClNO3S2. The smallest absolute Gasteiger partial charge is 0.244 e. The summed E-state index contributed by atoms with van der Waals surface area (Å²) in [6.45, 7) is 0.450. The van der Waals surface area contributed by atoms with Gasteiger partial charge in [0.25, 0.3) is 0 Å². The molecular weight excluding hydrogens is 414 g/mol. The van der Waals surface area contributed by atoms with E-state index >= 15 is 0 Å². The number of ether oxygens (including phenoxy) is 1. The van der Waals surface area contributed by atoms with Crippen LogP contribution in [-0.4, -0.2) is 25.0 Å². The SMILES string of the molecule is O=S(=O)(c1ccc(Oc2ccccc2)cc1)N1CCS[C@@H]1c1ccccc1Cl. The molecule has 1 heterocycles. The van der Waals surface area contributed by atoms with Gasteiger partial charge in [-0.05, 0) is 48.0 Å². The number of benzene rings is 3. The molecule has 0 radical (unpaired) electrons. The van der Waals surface area contributed by atoms with E-state index in [1.807, 2.05) is 48.5 Å². The summed E-state index contributed by atoms with van der Waals surface area (Å²) in [4.78, 5) is 0.243. The van der Waals surface area contributed by atoms with Crippen molar-refractivity contribution in [2.45, 2.75) is 10.3 Å². The maximum atomic E-state index is 13.2. The van der Waals surface area contributed by atoms with Crippen LogP contribution in [0.15, 0.2) is 83.8 Å². The average Bonchev–Trinajstić information content (AvgIpc) is 3.20. The highest BCUT2D eigenvalue weighted by Gasteiger charge is 2.37. The van der Waals surface area contributed by atoms with Gasteiger partial charge in [-0.1, -0.05) is 48.0 Å². The van der Waals surface area contributed by atoms with Gasteiger partial charge in [0.15, 0.2) is 0 Å². The maximum Gasteiger partial charge on any atom is 0.244 e. The van der Waals surface area contributed by atoms with Gasteiger partial charge in [0.1, 0.15) is 11.5 Å². The fraction of sp³-hybridized carbons (Fsp3) is 0.143. The summed E-state index contributed by atoms with van der Waals surface area (Å²) in [7, 11) is -3.64.